The van der Waals surface area contributed by atoms with E-state index >= 15 is 0 Å². The summed E-state index contributed by atoms with van der Waals surface area (Å²) in [7, 11) is 3.12. The molecule has 0 spiro atoms. The first-order chi connectivity index (χ1) is 16.0. The van der Waals surface area contributed by atoms with Gasteiger partial charge in [-0.15, -0.1) is 0 Å². The summed E-state index contributed by atoms with van der Waals surface area (Å²) in [5, 5.41) is 6.89. The highest BCUT2D eigenvalue weighted by atomic mass is 16.5. The Labute approximate surface area is 192 Å². The van der Waals surface area contributed by atoms with Gasteiger partial charge < -0.3 is 14.8 Å². The molecule has 33 heavy (non-hydrogen) atoms. The van der Waals surface area contributed by atoms with Crippen LogP contribution in [0.25, 0.3) is 6.08 Å². The van der Waals surface area contributed by atoms with Crippen LogP contribution in [0.5, 0.6) is 11.5 Å². The average molecular weight is 444 g/mol. The van der Waals surface area contributed by atoms with Crippen LogP contribution in [0.3, 0.4) is 0 Å². The minimum Gasteiger partial charge on any atom is -0.497 e. The van der Waals surface area contributed by atoms with E-state index in [0.717, 1.165) is 5.56 Å². The van der Waals surface area contributed by atoms with Gasteiger partial charge in [0, 0.05) is 11.1 Å². The van der Waals surface area contributed by atoms with Crippen molar-refractivity contribution in [1.82, 2.24) is 10.7 Å². The fourth-order valence-electron chi connectivity index (χ4n) is 3.01. The van der Waals surface area contributed by atoms with Gasteiger partial charge in [-0.2, -0.15) is 5.10 Å². The predicted molar refractivity (Wildman–Crippen MR) is 128 cm³/mol. The third kappa shape index (κ3) is 6.30. The van der Waals surface area contributed by atoms with E-state index in [-0.39, 0.29) is 5.70 Å². The first-order valence-corrected chi connectivity index (χ1v) is 10.2. The Balaban J connectivity index is 1.86. The van der Waals surface area contributed by atoms with E-state index in [1.165, 1.54) is 0 Å². The van der Waals surface area contributed by atoms with Gasteiger partial charge in [0.15, 0.2) is 0 Å². The molecule has 0 fully saturated rings. The summed E-state index contributed by atoms with van der Waals surface area (Å²) in [6.07, 6.45) is 1.59. The highest BCUT2D eigenvalue weighted by Crippen LogP contribution is 2.24. The number of ether oxygens (including phenoxy) is 2. The van der Waals surface area contributed by atoms with Crippen molar-refractivity contribution in [2.24, 2.45) is 5.10 Å². The molecule has 0 bridgehead atoms. The summed E-state index contributed by atoms with van der Waals surface area (Å²) < 4.78 is 10.6. The van der Waals surface area contributed by atoms with Crippen LogP contribution in [-0.2, 0) is 4.79 Å². The fourth-order valence-corrected chi connectivity index (χ4v) is 3.01. The van der Waals surface area contributed by atoms with Gasteiger partial charge in [-0.3, -0.25) is 9.59 Å². The number of hydrogen-bond donors (Lipinski definition) is 2. The van der Waals surface area contributed by atoms with Crippen molar-refractivity contribution in [2.45, 2.75) is 6.92 Å². The minimum absolute atomic E-state index is 0.0595. The zero-order valence-electron chi connectivity index (χ0n) is 18.7. The van der Waals surface area contributed by atoms with Crippen LogP contribution in [0.15, 0.2) is 89.7 Å². The van der Waals surface area contributed by atoms with E-state index in [9.17, 15) is 9.59 Å². The topological polar surface area (TPSA) is 89.0 Å². The van der Waals surface area contributed by atoms with Crippen molar-refractivity contribution in [3.8, 4) is 11.5 Å². The van der Waals surface area contributed by atoms with Gasteiger partial charge in [-0.05, 0) is 48.9 Å². The molecule has 0 aliphatic heterocycles. The number of benzene rings is 3. The quantitative estimate of drug-likeness (QED) is 0.313. The highest BCUT2D eigenvalue weighted by Gasteiger charge is 2.15. The number of carbonyl (C=O) groups excluding carboxylic acids is 2. The monoisotopic (exact) mass is 443 g/mol. The molecule has 3 aromatic carbocycles. The molecule has 7 nitrogen and oxygen atoms in total. The van der Waals surface area contributed by atoms with Crippen molar-refractivity contribution >= 4 is 23.6 Å². The summed E-state index contributed by atoms with van der Waals surface area (Å²) in [6.45, 7) is 1.74. The average Bonchev–Trinajstić information content (AvgIpc) is 2.87. The van der Waals surface area contributed by atoms with Gasteiger partial charge in [0.05, 0.1) is 19.9 Å². The van der Waals surface area contributed by atoms with E-state index < -0.39 is 11.8 Å². The lowest BCUT2D eigenvalue weighted by Crippen LogP contribution is -2.33. The number of nitrogens with zero attached hydrogens (tertiary/aromatic N) is 1. The largest absolute Gasteiger partial charge is 0.497 e. The minimum atomic E-state index is -0.565. The second-order valence-corrected chi connectivity index (χ2v) is 6.99. The van der Waals surface area contributed by atoms with Crippen molar-refractivity contribution < 1.29 is 19.1 Å². The summed E-state index contributed by atoms with van der Waals surface area (Å²) in [5.41, 5.74) is 4.94. The van der Waals surface area contributed by atoms with Crippen LogP contribution in [0.2, 0.25) is 0 Å². The molecule has 7 heteroatoms. The van der Waals surface area contributed by atoms with Gasteiger partial charge in [-0.25, -0.2) is 5.43 Å². The zero-order chi connectivity index (χ0) is 23.6. The normalized spacial score (nSPS) is 11.5. The smallest absolute Gasteiger partial charge is 0.287 e. The van der Waals surface area contributed by atoms with E-state index in [2.05, 4.69) is 15.8 Å². The highest BCUT2D eigenvalue weighted by molar-refractivity contribution is 6.06. The molecule has 0 saturated carbocycles. The van der Waals surface area contributed by atoms with Crippen LogP contribution in [0.4, 0.5) is 0 Å². The molecular formula is C26H25N3O4. The summed E-state index contributed by atoms with van der Waals surface area (Å²) in [4.78, 5) is 25.6. The number of nitrogens with one attached hydrogen (secondary N) is 2. The molecule has 2 N–H and O–H groups in total. The first-order valence-electron chi connectivity index (χ1n) is 10.2. The summed E-state index contributed by atoms with van der Waals surface area (Å²) >= 11 is 0. The number of rotatable bonds is 8. The van der Waals surface area contributed by atoms with E-state index in [1.54, 1.807) is 69.7 Å². The fraction of sp³-hybridized carbons (Fsp3) is 0.115. The lowest BCUT2D eigenvalue weighted by Gasteiger charge is -2.12. The van der Waals surface area contributed by atoms with Gasteiger partial charge in [0.25, 0.3) is 11.8 Å². The lowest BCUT2D eigenvalue weighted by atomic mass is 10.1. The number of hydrazone groups is 1. The Hall–Kier alpha value is -4.39. The van der Waals surface area contributed by atoms with E-state index in [4.69, 9.17) is 9.47 Å². The van der Waals surface area contributed by atoms with Gasteiger partial charge in [-0.1, -0.05) is 48.5 Å². The van der Waals surface area contributed by atoms with Gasteiger partial charge >= 0.3 is 0 Å². The van der Waals surface area contributed by atoms with E-state index in [1.807, 2.05) is 36.4 Å². The Morgan fingerprint density at radius 2 is 1.55 bits per heavy atom. The molecule has 0 aromatic heterocycles. The van der Waals surface area contributed by atoms with Crippen LogP contribution in [0, 0.1) is 0 Å². The molecule has 2 amide bonds. The molecule has 3 aromatic rings. The second-order valence-electron chi connectivity index (χ2n) is 6.99. The standard InChI is InChI=1S/C26H25N3O4/c1-18(22-17-21(32-2)14-15-24(22)33-3)28-29-26(31)23(16-19-10-6-4-7-11-19)27-25(30)20-12-8-5-9-13-20/h4-17H,1-3H3,(H,27,30)(H,29,31)/b23-16-,28-18-. The number of amides is 2. The number of carbonyl (C=O) groups is 2. The molecule has 3 rings (SSSR count). The molecule has 0 radical (unpaired) electrons. The Morgan fingerprint density at radius 1 is 0.879 bits per heavy atom. The number of methoxy groups -OCH3 is 2. The van der Waals surface area contributed by atoms with Gasteiger partial charge in [0.2, 0.25) is 0 Å². The number of hydrogen-bond acceptors (Lipinski definition) is 5. The van der Waals surface area contributed by atoms with Gasteiger partial charge in [0.1, 0.15) is 17.2 Å². The zero-order valence-corrected chi connectivity index (χ0v) is 18.7. The van der Waals surface area contributed by atoms with Crippen molar-refractivity contribution in [2.75, 3.05) is 14.2 Å². The Morgan fingerprint density at radius 3 is 2.18 bits per heavy atom. The maximum atomic E-state index is 13.0. The maximum absolute atomic E-state index is 13.0. The van der Waals surface area contributed by atoms with Crippen LogP contribution in [-0.4, -0.2) is 31.7 Å². The summed E-state index contributed by atoms with van der Waals surface area (Å²) in [5.74, 6) is 0.252. The molecule has 0 aliphatic carbocycles. The lowest BCUT2D eigenvalue weighted by molar-refractivity contribution is -0.117. The van der Waals surface area contributed by atoms with Crippen molar-refractivity contribution in [3.05, 3.63) is 101 Å². The third-order valence-corrected chi connectivity index (χ3v) is 4.76. The van der Waals surface area contributed by atoms with E-state index in [0.29, 0.717) is 28.3 Å². The predicted octanol–water partition coefficient (Wildman–Crippen LogP) is 4.02. The van der Waals surface area contributed by atoms with Crippen LogP contribution in [0.1, 0.15) is 28.4 Å². The second kappa shape index (κ2) is 11.3. The summed E-state index contributed by atoms with van der Waals surface area (Å²) in [6, 6.07) is 23.2. The molecule has 0 heterocycles. The molecule has 0 atom stereocenters. The third-order valence-electron chi connectivity index (χ3n) is 4.76. The van der Waals surface area contributed by atoms with Crippen molar-refractivity contribution in [1.29, 1.82) is 0 Å². The SMILES string of the molecule is COc1ccc(OC)c(/C(C)=N\NC(=O)/C(=C/c2ccccc2)NC(=O)c2ccccc2)c1. The molecule has 168 valence electrons. The molecule has 0 saturated heterocycles. The van der Waals surface area contributed by atoms with Crippen LogP contribution >= 0.6 is 0 Å². The Kier molecular flexibility index (Phi) is 7.96. The maximum Gasteiger partial charge on any atom is 0.287 e. The molecule has 0 unspecified atom stereocenters. The Bertz CT molecular complexity index is 1170. The van der Waals surface area contributed by atoms with Crippen LogP contribution < -0.4 is 20.2 Å². The van der Waals surface area contributed by atoms with Crippen molar-refractivity contribution in [3.63, 3.8) is 0 Å². The molecule has 0 aliphatic rings. The first kappa shape index (κ1) is 23.3. The molecular weight excluding hydrogens is 418 g/mol.